The quantitative estimate of drug-likeness (QED) is 0.463. The molecule has 0 unspecified atom stereocenters. The standard InChI is InChI=1S/C4H5NO/c1-3-6-4-2-5-1/h1-5H/i3D/hD. The van der Waals surface area contributed by atoms with Gasteiger partial charge in [-0.2, -0.15) is 0 Å². The van der Waals surface area contributed by atoms with Crippen molar-refractivity contribution in [1.82, 2.24) is 5.31 Å². The molecule has 0 atom stereocenters. The van der Waals surface area contributed by atoms with Crippen LogP contribution in [0.15, 0.2) is 24.9 Å². The maximum absolute atomic E-state index is 6.87. The van der Waals surface area contributed by atoms with Gasteiger partial charge in [0, 0.05) is 12.4 Å². The van der Waals surface area contributed by atoms with Crippen LogP contribution in [0.5, 0.6) is 0 Å². The monoisotopic (exact) mass is 85.0 g/mol. The fourth-order valence-corrected chi connectivity index (χ4v) is 0.209. The predicted octanol–water partition coefficient (Wildman–Crippen LogP) is 0.549. The highest BCUT2D eigenvalue weighted by Gasteiger charge is 1.72. The maximum Gasteiger partial charge on any atom is 0.166 e. The zero-order valence-corrected chi connectivity index (χ0v) is 3.09. The molecule has 0 saturated carbocycles. The predicted molar refractivity (Wildman–Crippen MR) is 22.5 cm³/mol. The Kier molecular flexibility index (Phi) is 0.422. The molecule has 32 valence electrons. The first kappa shape index (κ1) is 1.69. The topological polar surface area (TPSA) is 21.3 Å². The largest absolute Gasteiger partial charge is 0.470 e. The molecule has 1 N–H and O–H groups in total. The van der Waals surface area contributed by atoms with Gasteiger partial charge in [-0.25, -0.2) is 0 Å². The second kappa shape index (κ2) is 1.50. The summed E-state index contributed by atoms with van der Waals surface area (Å²) in [7, 11) is 0. The minimum Gasteiger partial charge on any atom is -0.470 e. The molecule has 1 rings (SSSR count). The van der Waals surface area contributed by atoms with Gasteiger partial charge in [-0.15, -0.1) is 0 Å². The van der Waals surface area contributed by atoms with Crippen LogP contribution in [0.2, 0.25) is 1.41 Å². The number of hydrogen-bond acceptors (Lipinski definition) is 2. The van der Waals surface area contributed by atoms with Gasteiger partial charge in [0.05, 0.1) is 0 Å². The molecular weight excluding hydrogens is 78.0 g/mol. The second-order valence-corrected chi connectivity index (χ2v) is 0.799. The minimum absolute atomic E-state index is 0.0116. The highest BCUT2D eigenvalue weighted by atomic mass is 16.5. The molecular formula is C4H5NO. The summed E-state index contributed by atoms with van der Waals surface area (Å²) in [4.78, 5) is 0. The molecule has 2 heteroatoms. The molecule has 0 aromatic carbocycles. The molecule has 1 aliphatic heterocycles. The van der Waals surface area contributed by atoms with E-state index in [1.54, 1.807) is 0 Å². The highest BCUT2D eigenvalue weighted by Crippen LogP contribution is 1.81. The van der Waals surface area contributed by atoms with Crippen molar-refractivity contribution in [1.29, 1.82) is 0 Å². The van der Waals surface area contributed by atoms with Crippen molar-refractivity contribution >= 4 is 0 Å². The smallest absolute Gasteiger partial charge is 0.166 e. The van der Waals surface area contributed by atoms with E-state index in [0.29, 0.717) is 0 Å². The molecule has 1 heterocycles. The molecule has 0 saturated heterocycles. The van der Waals surface area contributed by atoms with Crippen molar-refractivity contribution in [2.24, 2.45) is 0 Å². The summed E-state index contributed by atoms with van der Waals surface area (Å²) in [6, 6.07) is 0. The van der Waals surface area contributed by atoms with E-state index < -0.39 is 0 Å². The van der Waals surface area contributed by atoms with Gasteiger partial charge in [0.2, 0.25) is 0 Å². The van der Waals surface area contributed by atoms with E-state index in [2.05, 4.69) is 4.74 Å². The summed E-state index contributed by atoms with van der Waals surface area (Å²) in [6.07, 6.45) is 3.93. The second-order valence-electron chi connectivity index (χ2n) is 0.799. The van der Waals surface area contributed by atoms with Crippen LogP contribution in [0.25, 0.3) is 0 Å². The molecule has 0 radical (unpaired) electrons. The van der Waals surface area contributed by atoms with Crippen molar-refractivity contribution in [3.8, 4) is 0 Å². The van der Waals surface area contributed by atoms with Gasteiger partial charge in [-0.05, 0) is 0 Å². The van der Waals surface area contributed by atoms with Crippen LogP contribution >= 0.6 is 0 Å². The Morgan fingerprint density at radius 3 is 3.33 bits per heavy atom. The summed E-state index contributed by atoms with van der Waals surface area (Å²) in [6.45, 7) is 0. The van der Waals surface area contributed by atoms with Gasteiger partial charge in [-0.1, -0.05) is 0 Å². The zero-order valence-electron chi connectivity index (χ0n) is 5.09. The van der Waals surface area contributed by atoms with Crippen LogP contribution < -0.4 is 5.31 Å². The molecule has 0 bridgehead atoms. The van der Waals surface area contributed by atoms with Crippen molar-refractivity contribution in [3.63, 3.8) is 0 Å². The molecule has 0 aliphatic carbocycles. The fraction of sp³-hybridized carbons (Fsp3) is 0. The number of hydrogen-bond donors (Lipinski definition) is 1. The van der Waals surface area contributed by atoms with E-state index >= 15 is 0 Å². The summed E-state index contributed by atoms with van der Waals surface area (Å²) >= 11 is 0. The Labute approximate surface area is 39.0 Å². The Morgan fingerprint density at radius 1 is 1.83 bits per heavy atom. The van der Waals surface area contributed by atoms with Crippen LogP contribution in [0.4, 0.5) is 0 Å². The lowest BCUT2D eigenvalue weighted by atomic mass is 10.8. The van der Waals surface area contributed by atoms with Crippen LogP contribution in [0.1, 0.15) is 1.37 Å². The average molecular weight is 85.1 g/mol. The first-order chi connectivity index (χ1) is 3.79. The average Bonchev–Trinajstić information content (AvgIpc) is 1.64. The highest BCUT2D eigenvalue weighted by molar-refractivity contribution is 4.87. The number of nitrogens with one attached hydrogen (secondary N) is 1. The molecule has 0 aromatic heterocycles. The van der Waals surface area contributed by atoms with Crippen LogP contribution in [0.3, 0.4) is 0 Å². The van der Waals surface area contributed by atoms with Gasteiger partial charge in [0.1, 0.15) is 13.9 Å². The third kappa shape index (κ3) is 0.516. The first-order valence-electron chi connectivity index (χ1n) is 2.53. The van der Waals surface area contributed by atoms with E-state index in [9.17, 15) is 0 Å². The molecule has 6 heavy (non-hydrogen) atoms. The molecule has 0 fully saturated rings. The minimum atomic E-state index is -0.0116. The Hall–Kier alpha value is -0.920. The first-order valence-corrected chi connectivity index (χ1v) is 1.58. The molecule has 1 aliphatic rings. The molecule has 2 nitrogen and oxygen atoms in total. The third-order valence-corrected chi connectivity index (χ3v) is 0.410. The Bertz CT molecular complexity index is 143. The van der Waals surface area contributed by atoms with Gasteiger partial charge in [-0.3, -0.25) is 0 Å². The number of rotatable bonds is 0. The van der Waals surface area contributed by atoms with E-state index in [1.807, 2.05) is 0 Å². The summed E-state index contributed by atoms with van der Waals surface area (Å²) in [5.41, 5.74) is 0. The van der Waals surface area contributed by atoms with Gasteiger partial charge in [0.25, 0.3) is 0 Å². The SMILES string of the molecule is [2H]C1=CN([2H])C=CO1. The lowest BCUT2D eigenvalue weighted by Gasteiger charge is -1.94. The van der Waals surface area contributed by atoms with Crippen LogP contribution in [-0.2, 0) is 4.74 Å². The van der Waals surface area contributed by atoms with E-state index in [0.717, 1.165) is 5.31 Å². The lowest BCUT2D eigenvalue weighted by Crippen LogP contribution is -1.94. The summed E-state index contributed by atoms with van der Waals surface area (Å²) in [5.74, 6) is 0. The third-order valence-electron chi connectivity index (χ3n) is 0.410. The number of ether oxygens (including phenoxy) is 1. The molecule has 0 amide bonds. The summed E-state index contributed by atoms with van der Waals surface area (Å²) < 4.78 is 18.2. The van der Waals surface area contributed by atoms with E-state index in [1.165, 1.54) is 18.7 Å². The Morgan fingerprint density at radius 2 is 2.83 bits per heavy atom. The van der Waals surface area contributed by atoms with Gasteiger partial charge >= 0.3 is 0 Å². The normalized spacial score (nSPS) is 24.0. The van der Waals surface area contributed by atoms with Crippen molar-refractivity contribution < 1.29 is 7.52 Å². The molecule has 0 aromatic rings. The van der Waals surface area contributed by atoms with Gasteiger partial charge in [0.15, 0.2) is 1.41 Å². The van der Waals surface area contributed by atoms with Crippen molar-refractivity contribution in [2.75, 3.05) is 0 Å². The zero-order chi connectivity index (χ0) is 5.98. The van der Waals surface area contributed by atoms with Crippen molar-refractivity contribution in [2.45, 2.75) is 0 Å². The van der Waals surface area contributed by atoms with E-state index in [4.69, 9.17) is 2.78 Å². The van der Waals surface area contributed by atoms with E-state index in [-0.39, 0.29) is 6.24 Å². The van der Waals surface area contributed by atoms with Crippen LogP contribution in [-0.4, -0.2) is 0 Å². The van der Waals surface area contributed by atoms with Crippen LogP contribution in [0, 0.1) is 0 Å². The maximum atomic E-state index is 6.87. The Balaban J connectivity index is 2.60. The van der Waals surface area contributed by atoms with Gasteiger partial charge < -0.3 is 10.0 Å². The van der Waals surface area contributed by atoms with Crippen molar-refractivity contribution in [3.05, 3.63) is 24.9 Å². The lowest BCUT2D eigenvalue weighted by molar-refractivity contribution is 0.390. The molecule has 0 spiro atoms. The summed E-state index contributed by atoms with van der Waals surface area (Å²) in [5, 5.41) is 1.01. The fourth-order valence-electron chi connectivity index (χ4n) is 0.209.